The van der Waals surface area contributed by atoms with Crippen molar-refractivity contribution in [1.29, 1.82) is 0 Å². The van der Waals surface area contributed by atoms with Crippen LogP contribution in [0.3, 0.4) is 0 Å². The van der Waals surface area contributed by atoms with Crippen molar-refractivity contribution in [2.24, 2.45) is 11.7 Å². The number of nitrogens with one attached hydrogen (secondary N) is 2. The van der Waals surface area contributed by atoms with E-state index in [0.717, 1.165) is 81.3 Å². The van der Waals surface area contributed by atoms with Crippen LogP contribution in [0, 0.1) is 5.92 Å². The topological polar surface area (TPSA) is 106 Å². The van der Waals surface area contributed by atoms with Gasteiger partial charge in [0, 0.05) is 44.4 Å². The Morgan fingerprint density at radius 3 is 2.53 bits per heavy atom. The predicted octanol–water partition coefficient (Wildman–Crippen LogP) is 4.87. The maximum absolute atomic E-state index is 6.13. The molecule has 4 N–H and O–H groups in total. The molecule has 0 radical (unpaired) electrons. The third kappa shape index (κ3) is 6.47. The maximum Gasteiger partial charge on any atom is 0.227 e. The van der Waals surface area contributed by atoms with E-state index in [0.29, 0.717) is 24.1 Å². The molecule has 9 nitrogen and oxygen atoms in total. The fourth-order valence-corrected chi connectivity index (χ4v) is 6.16. The number of anilines is 2. The normalized spacial score (nSPS) is 24.5. The molecule has 1 saturated heterocycles. The number of imidazole rings is 1. The van der Waals surface area contributed by atoms with Crippen molar-refractivity contribution >= 4 is 22.9 Å². The van der Waals surface area contributed by atoms with Crippen LogP contribution in [0.1, 0.15) is 96.4 Å². The number of ether oxygens (including phenoxy) is 1. The molecule has 2 aromatic rings. The fourth-order valence-electron chi connectivity index (χ4n) is 6.16. The standard InChI is InChI=1S/C27H46N8O/c1-2-17-36-18-5-6-20-13-15-34(16-14-20)33-25-24-26(35(19-29-24)23-7-3-4-8-23)32-27(31-25)30-22-11-9-21(28)10-12-22/h19-23H,2-18,28H2,1H3,(H2,30,31,32,33). The van der Waals surface area contributed by atoms with Crippen molar-refractivity contribution in [3.8, 4) is 0 Å². The second-order valence-corrected chi connectivity index (χ2v) is 11.2. The molecule has 5 rings (SSSR count). The molecule has 0 amide bonds. The van der Waals surface area contributed by atoms with Gasteiger partial charge in [-0.1, -0.05) is 19.8 Å². The van der Waals surface area contributed by atoms with E-state index in [1.807, 2.05) is 6.33 Å². The molecule has 200 valence electrons. The number of fused-ring (bicyclic) bond motifs is 1. The van der Waals surface area contributed by atoms with Gasteiger partial charge in [0.15, 0.2) is 17.0 Å². The maximum atomic E-state index is 6.13. The molecule has 9 heteroatoms. The van der Waals surface area contributed by atoms with Crippen LogP contribution >= 0.6 is 0 Å². The summed E-state index contributed by atoms with van der Waals surface area (Å²) in [5.74, 6) is 2.33. The van der Waals surface area contributed by atoms with Crippen LogP contribution < -0.4 is 16.5 Å². The van der Waals surface area contributed by atoms with E-state index in [1.165, 1.54) is 51.4 Å². The summed E-state index contributed by atoms with van der Waals surface area (Å²) < 4.78 is 7.96. The SMILES string of the molecule is CCCOCCCC1CCN(Nc2nc(NC3CCC(N)CC3)nc3c2ncn3C2CCCC2)CC1. The molecule has 2 saturated carbocycles. The lowest BCUT2D eigenvalue weighted by Crippen LogP contribution is -2.38. The Labute approximate surface area is 215 Å². The van der Waals surface area contributed by atoms with Crippen molar-refractivity contribution in [2.75, 3.05) is 37.0 Å². The first-order valence-electron chi connectivity index (χ1n) is 14.6. The molecule has 3 heterocycles. The highest BCUT2D eigenvalue weighted by Crippen LogP contribution is 2.34. The van der Waals surface area contributed by atoms with Gasteiger partial charge in [0.05, 0.1) is 6.33 Å². The second kappa shape index (κ2) is 12.5. The van der Waals surface area contributed by atoms with Gasteiger partial charge in [0.25, 0.3) is 0 Å². The van der Waals surface area contributed by atoms with E-state index in [9.17, 15) is 0 Å². The Morgan fingerprint density at radius 1 is 1.00 bits per heavy atom. The van der Waals surface area contributed by atoms with E-state index in [2.05, 4.69) is 27.2 Å². The highest BCUT2D eigenvalue weighted by Gasteiger charge is 2.25. The minimum Gasteiger partial charge on any atom is -0.381 e. The number of rotatable bonds is 11. The summed E-state index contributed by atoms with van der Waals surface area (Å²) in [5.41, 5.74) is 11.6. The van der Waals surface area contributed by atoms with E-state index in [1.54, 1.807) is 0 Å². The Hall–Kier alpha value is -1.97. The van der Waals surface area contributed by atoms with Gasteiger partial charge < -0.3 is 25.8 Å². The van der Waals surface area contributed by atoms with Gasteiger partial charge in [-0.05, 0) is 76.5 Å². The van der Waals surface area contributed by atoms with Crippen molar-refractivity contribution < 1.29 is 4.74 Å². The number of hydrogen-bond acceptors (Lipinski definition) is 8. The van der Waals surface area contributed by atoms with Crippen LogP contribution in [0.15, 0.2) is 6.33 Å². The number of nitrogens with two attached hydrogens (primary N) is 1. The molecule has 3 fully saturated rings. The first kappa shape index (κ1) is 25.7. The lowest BCUT2D eigenvalue weighted by Gasteiger charge is -2.32. The van der Waals surface area contributed by atoms with Crippen LogP contribution in [0.5, 0.6) is 0 Å². The van der Waals surface area contributed by atoms with E-state index < -0.39 is 0 Å². The summed E-state index contributed by atoms with van der Waals surface area (Å²) >= 11 is 0. The van der Waals surface area contributed by atoms with E-state index in [4.69, 9.17) is 25.4 Å². The smallest absolute Gasteiger partial charge is 0.227 e. The van der Waals surface area contributed by atoms with Gasteiger partial charge in [-0.3, -0.25) is 0 Å². The minimum absolute atomic E-state index is 0.333. The molecule has 1 aliphatic heterocycles. The lowest BCUT2D eigenvalue weighted by molar-refractivity contribution is 0.121. The third-order valence-corrected chi connectivity index (χ3v) is 8.37. The van der Waals surface area contributed by atoms with Crippen molar-refractivity contribution in [1.82, 2.24) is 24.5 Å². The van der Waals surface area contributed by atoms with Gasteiger partial charge in [0.1, 0.15) is 0 Å². The number of piperidine rings is 1. The molecular weight excluding hydrogens is 452 g/mol. The van der Waals surface area contributed by atoms with Gasteiger partial charge in [-0.2, -0.15) is 9.97 Å². The summed E-state index contributed by atoms with van der Waals surface area (Å²) in [6.07, 6.45) is 17.2. The first-order valence-corrected chi connectivity index (χ1v) is 14.6. The molecule has 3 aliphatic rings. The monoisotopic (exact) mass is 498 g/mol. The number of aromatic nitrogens is 4. The van der Waals surface area contributed by atoms with E-state index >= 15 is 0 Å². The van der Waals surface area contributed by atoms with Gasteiger partial charge in [-0.15, -0.1) is 0 Å². The first-order chi connectivity index (χ1) is 17.7. The summed E-state index contributed by atoms with van der Waals surface area (Å²) in [4.78, 5) is 14.7. The molecule has 0 bridgehead atoms. The van der Waals surface area contributed by atoms with Crippen molar-refractivity contribution in [3.05, 3.63) is 6.33 Å². The molecule has 0 spiro atoms. The van der Waals surface area contributed by atoms with Crippen LogP contribution in [-0.4, -0.2) is 62.9 Å². The molecular formula is C27H46N8O. The number of nitrogens with zero attached hydrogens (tertiary/aromatic N) is 5. The molecule has 2 aliphatic carbocycles. The third-order valence-electron chi connectivity index (χ3n) is 8.37. The molecule has 2 aromatic heterocycles. The van der Waals surface area contributed by atoms with Gasteiger partial charge in [-0.25, -0.2) is 9.99 Å². The fraction of sp³-hybridized carbons (Fsp3) is 0.815. The Balaban J connectivity index is 1.26. The zero-order chi connectivity index (χ0) is 24.7. The second-order valence-electron chi connectivity index (χ2n) is 11.2. The predicted molar refractivity (Wildman–Crippen MR) is 145 cm³/mol. The van der Waals surface area contributed by atoms with Crippen molar-refractivity contribution in [2.45, 2.75) is 109 Å². The largest absolute Gasteiger partial charge is 0.381 e. The average molecular weight is 499 g/mol. The van der Waals surface area contributed by atoms with Crippen LogP contribution in [-0.2, 0) is 4.74 Å². The summed E-state index contributed by atoms with van der Waals surface area (Å²) in [6, 6.07) is 1.21. The average Bonchev–Trinajstić information content (AvgIpc) is 3.57. The lowest BCUT2D eigenvalue weighted by atomic mass is 9.92. The van der Waals surface area contributed by atoms with Crippen molar-refractivity contribution in [3.63, 3.8) is 0 Å². The van der Waals surface area contributed by atoms with Gasteiger partial charge >= 0.3 is 0 Å². The van der Waals surface area contributed by atoms with Gasteiger partial charge in [0.2, 0.25) is 5.95 Å². The summed E-state index contributed by atoms with van der Waals surface area (Å²) in [6.45, 7) is 6.00. The Bertz CT molecular complexity index is 943. The molecule has 0 unspecified atom stereocenters. The highest BCUT2D eigenvalue weighted by atomic mass is 16.5. The van der Waals surface area contributed by atoms with Crippen LogP contribution in [0.25, 0.3) is 11.2 Å². The van der Waals surface area contributed by atoms with Crippen LogP contribution in [0.2, 0.25) is 0 Å². The highest BCUT2D eigenvalue weighted by molar-refractivity contribution is 5.84. The zero-order valence-electron chi connectivity index (χ0n) is 22.1. The number of hydrogen-bond donors (Lipinski definition) is 3. The zero-order valence-corrected chi connectivity index (χ0v) is 22.1. The summed E-state index contributed by atoms with van der Waals surface area (Å²) in [7, 11) is 0. The quantitative estimate of drug-likeness (QED) is 0.377. The Kier molecular flexibility index (Phi) is 8.93. The minimum atomic E-state index is 0.333. The molecule has 0 atom stereocenters. The molecule has 36 heavy (non-hydrogen) atoms. The molecule has 0 aromatic carbocycles. The Morgan fingerprint density at radius 2 is 1.78 bits per heavy atom. The summed E-state index contributed by atoms with van der Waals surface area (Å²) in [5, 5.41) is 5.96. The van der Waals surface area contributed by atoms with E-state index in [-0.39, 0.29) is 0 Å². The number of hydrazine groups is 1. The van der Waals surface area contributed by atoms with Crippen LogP contribution in [0.4, 0.5) is 11.8 Å².